The summed E-state index contributed by atoms with van der Waals surface area (Å²) < 4.78 is 11.9. The summed E-state index contributed by atoms with van der Waals surface area (Å²) in [5, 5.41) is 19.3. The summed E-state index contributed by atoms with van der Waals surface area (Å²) in [6.07, 6.45) is 0.195. The van der Waals surface area contributed by atoms with E-state index in [4.69, 9.17) is 14.6 Å². The van der Waals surface area contributed by atoms with Crippen LogP contribution in [0, 0.1) is 11.3 Å². The van der Waals surface area contributed by atoms with E-state index in [1.165, 1.54) is 0 Å². The average molecular weight is 304 g/mol. The second kappa shape index (κ2) is 7.91. The van der Waals surface area contributed by atoms with E-state index in [1.807, 2.05) is 55.4 Å². The van der Waals surface area contributed by atoms with Crippen molar-refractivity contribution >= 4 is 0 Å². The van der Waals surface area contributed by atoms with Crippen LogP contribution in [0.25, 0.3) is 0 Å². The van der Waals surface area contributed by atoms with E-state index >= 15 is 0 Å². The number of ether oxygens (including phenoxy) is 2. The topological polar surface area (TPSA) is 58.9 Å². The lowest BCUT2D eigenvalue weighted by molar-refractivity contribution is -0.150. The molecule has 0 spiro atoms. The van der Waals surface area contributed by atoms with Crippen molar-refractivity contribution < 1.29 is 19.7 Å². The Morgan fingerprint density at radius 2 is 1.33 bits per heavy atom. The van der Waals surface area contributed by atoms with Gasteiger partial charge >= 0.3 is 0 Å². The smallest absolute Gasteiger partial charge is 0.0859 e. The van der Waals surface area contributed by atoms with Crippen LogP contribution in [0.15, 0.2) is 0 Å². The first-order valence-corrected chi connectivity index (χ1v) is 7.90. The number of hydrogen-bond acceptors (Lipinski definition) is 4. The van der Waals surface area contributed by atoms with Crippen LogP contribution in [-0.2, 0) is 9.47 Å². The molecule has 0 rings (SSSR count). The van der Waals surface area contributed by atoms with Crippen molar-refractivity contribution in [3.05, 3.63) is 0 Å². The fourth-order valence-electron chi connectivity index (χ4n) is 2.12. The van der Waals surface area contributed by atoms with Gasteiger partial charge in [0.05, 0.1) is 30.5 Å². The van der Waals surface area contributed by atoms with Gasteiger partial charge < -0.3 is 19.7 Å². The minimum Gasteiger partial charge on any atom is -0.396 e. The third-order valence-corrected chi connectivity index (χ3v) is 3.79. The monoisotopic (exact) mass is 304 g/mol. The van der Waals surface area contributed by atoms with Crippen molar-refractivity contribution in [1.29, 1.82) is 0 Å². The zero-order valence-corrected chi connectivity index (χ0v) is 15.2. The molecular formula is C17H36O4. The van der Waals surface area contributed by atoms with Crippen LogP contribution in [0.3, 0.4) is 0 Å². The van der Waals surface area contributed by atoms with Crippen molar-refractivity contribution in [1.82, 2.24) is 0 Å². The van der Waals surface area contributed by atoms with Gasteiger partial charge in [-0.3, -0.25) is 0 Å². The number of hydrogen-bond donors (Lipinski definition) is 2. The van der Waals surface area contributed by atoms with Gasteiger partial charge in [-0.05, 0) is 40.0 Å². The van der Waals surface area contributed by atoms with E-state index in [1.54, 1.807) is 0 Å². The van der Waals surface area contributed by atoms with Crippen LogP contribution in [0.4, 0.5) is 0 Å². The Labute approximate surface area is 130 Å². The Hall–Kier alpha value is -0.160. The van der Waals surface area contributed by atoms with E-state index < -0.39 is 11.7 Å². The standard InChI is InChI=1S/C17H36O4/c1-13(2)14(19)15(3,4)11-20-17(7,8)12-21-16(5,6)9-10-18/h13-14,18-19H,9-12H2,1-8H3. The Bertz CT molecular complexity index is 295. The number of aliphatic hydroxyl groups is 2. The fraction of sp³-hybridized carbons (Fsp3) is 1.00. The molecule has 0 heterocycles. The van der Waals surface area contributed by atoms with E-state index in [9.17, 15) is 5.11 Å². The van der Waals surface area contributed by atoms with E-state index in [0.717, 1.165) is 0 Å². The van der Waals surface area contributed by atoms with Gasteiger partial charge in [-0.25, -0.2) is 0 Å². The van der Waals surface area contributed by atoms with Crippen molar-refractivity contribution in [3.8, 4) is 0 Å². The van der Waals surface area contributed by atoms with Gasteiger partial charge in [-0.1, -0.05) is 27.7 Å². The number of rotatable bonds is 10. The maximum Gasteiger partial charge on any atom is 0.0859 e. The lowest BCUT2D eigenvalue weighted by atomic mass is 9.81. The summed E-state index contributed by atoms with van der Waals surface area (Å²) in [6, 6.07) is 0. The summed E-state index contributed by atoms with van der Waals surface area (Å²) in [4.78, 5) is 0. The summed E-state index contributed by atoms with van der Waals surface area (Å²) in [7, 11) is 0. The Balaban J connectivity index is 4.42. The highest BCUT2D eigenvalue weighted by Crippen LogP contribution is 2.29. The molecule has 0 aromatic rings. The summed E-state index contributed by atoms with van der Waals surface area (Å²) in [6.45, 7) is 17.0. The molecule has 21 heavy (non-hydrogen) atoms. The van der Waals surface area contributed by atoms with Crippen LogP contribution >= 0.6 is 0 Å². The molecule has 4 heteroatoms. The molecule has 0 aliphatic heterocycles. The lowest BCUT2D eigenvalue weighted by Gasteiger charge is -2.37. The molecule has 2 N–H and O–H groups in total. The molecule has 4 nitrogen and oxygen atoms in total. The zero-order valence-electron chi connectivity index (χ0n) is 15.2. The first-order chi connectivity index (χ1) is 9.33. The quantitative estimate of drug-likeness (QED) is 0.651. The maximum absolute atomic E-state index is 10.2. The molecule has 0 bridgehead atoms. The Morgan fingerprint density at radius 3 is 1.76 bits per heavy atom. The third kappa shape index (κ3) is 8.15. The second-order valence-electron chi connectivity index (χ2n) is 8.25. The lowest BCUT2D eigenvalue weighted by Crippen LogP contribution is -2.43. The Morgan fingerprint density at radius 1 is 0.857 bits per heavy atom. The van der Waals surface area contributed by atoms with Gasteiger partial charge in [0.25, 0.3) is 0 Å². The van der Waals surface area contributed by atoms with E-state index in [-0.39, 0.29) is 23.5 Å². The predicted octanol–water partition coefficient (Wildman–Crippen LogP) is 3.00. The normalized spacial score (nSPS) is 15.6. The Kier molecular flexibility index (Phi) is 7.85. The SMILES string of the molecule is CC(C)C(O)C(C)(C)COC(C)(C)COC(C)(C)CCO. The van der Waals surface area contributed by atoms with Gasteiger partial charge in [0.15, 0.2) is 0 Å². The molecular weight excluding hydrogens is 268 g/mol. The predicted molar refractivity (Wildman–Crippen MR) is 86.4 cm³/mol. The highest BCUT2D eigenvalue weighted by molar-refractivity contribution is 4.82. The van der Waals surface area contributed by atoms with Crippen LogP contribution in [0.1, 0.15) is 61.8 Å². The van der Waals surface area contributed by atoms with Gasteiger partial charge in [-0.15, -0.1) is 0 Å². The first kappa shape index (κ1) is 20.8. The fourth-order valence-corrected chi connectivity index (χ4v) is 2.12. The van der Waals surface area contributed by atoms with E-state index in [0.29, 0.717) is 19.6 Å². The van der Waals surface area contributed by atoms with Gasteiger partial charge in [0.1, 0.15) is 0 Å². The molecule has 128 valence electrons. The van der Waals surface area contributed by atoms with E-state index in [2.05, 4.69) is 0 Å². The molecule has 0 aromatic heterocycles. The maximum atomic E-state index is 10.2. The summed E-state index contributed by atoms with van der Waals surface area (Å²) >= 11 is 0. The highest BCUT2D eigenvalue weighted by atomic mass is 16.6. The molecule has 0 aliphatic rings. The highest BCUT2D eigenvalue weighted by Gasteiger charge is 2.33. The van der Waals surface area contributed by atoms with Gasteiger partial charge in [0.2, 0.25) is 0 Å². The molecule has 1 atom stereocenters. The third-order valence-electron chi connectivity index (χ3n) is 3.79. The minimum absolute atomic E-state index is 0.113. The summed E-state index contributed by atoms with van der Waals surface area (Å²) in [5.41, 5.74) is -1.09. The molecule has 0 saturated heterocycles. The molecule has 0 amide bonds. The van der Waals surface area contributed by atoms with Gasteiger partial charge in [-0.2, -0.15) is 0 Å². The van der Waals surface area contributed by atoms with Crippen molar-refractivity contribution in [2.24, 2.45) is 11.3 Å². The van der Waals surface area contributed by atoms with Crippen LogP contribution < -0.4 is 0 Å². The largest absolute Gasteiger partial charge is 0.396 e. The van der Waals surface area contributed by atoms with Crippen LogP contribution in [0.5, 0.6) is 0 Å². The van der Waals surface area contributed by atoms with Crippen molar-refractivity contribution in [2.45, 2.75) is 79.1 Å². The van der Waals surface area contributed by atoms with Crippen LogP contribution in [-0.4, -0.2) is 47.3 Å². The molecule has 0 radical (unpaired) electrons. The second-order valence-corrected chi connectivity index (χ2v) is 8.25. The van der Waals surface area contributed by atoms with Crippen molar-refractivity contribution in [2.75, 3.05) is 19.8 Å². The molecule has 0 saturated carbocycles. The summed E-state index contributed by atoms with van der Waals surface area (Å²) in [5.74, 6) is 0.200. The van der Waals surface area contributed by atoms with Crippen LogP contribution in [0.2, 0.25) is 0 Å². The van der Waals surface area contributed by atoms with Gasteiger partial charge in [0, 0.05) is 12.0 Å². The van der Waals surface area contributed by atoms with Crippen molar-refractivity contribution in [3.63, 3.8) is 0 Å². The molecule has 0 fully saturated rings. The minimum atomic E-state index is -0.430. The number of aliphatic hydroxyl groups excluding tert-OH is 2. The average Bonchev–Trinajstić information content (AvgIpc) is 2.34. The molecule has 1 unspecified atom stereocenters. The first-order valence-electron chi connectivity index (χ1n) is 7.90. The molecule has 0 aliphatic carbocycles. The molecule has 0 aromatic carbocycles. The zero-order chi connectivity index (χ0) is 16.9.